The fraction of sp³-hybridized carbons (Fsp3) is 0.923. The molecule has 0 bridgehead atoms. The predicted molar refractivity (Wildman–Crippen MR) is 71.2 cm³/mol. The first kappa shape index (κ1) is 16.2. The van der Waals surface area contributed by atoms with E-state index in [9.17, 15) is 4.79 Å². The van der Waals surface area contributed by atoms with Crippen LogP contribution in [-0.4, -0.2) is 43.3 Å². The van der Waals surface area contributed by atoms with Crippen LogP contribution in [0.5, 0.6) is 0 Å². The van der Waals surface area contributed by atoms with Crippen LogP contribution in [0.15, 0.2) is 0 Å². The first-order valence-electron chi connectivity index (χ1n) is 6.25. The molecule has 4 heteroatoms. The van der Waals surface area contributed by atoms with Crippen molar-refractivity contribution in [2.75, 3.05) is 20.6 Å². The van der Waals surface area contributed by atoms with Crippen molar-refractivity contribution in [1.29, 1.82) is 0 Å². The predicted octanol–water partition coefficient (Wildman–Crippen LogP) is 2.49. The molecule has 0 saturated carbocycles. The second-order valence-corrected chi connectivity index (χ2v) is 6.13. The zero-order valence-corrected chi connectivity index (χ0v) is 12.3. The minimum Gasteiger partial charge on any atom is -0.444 e. The largest absolute Gasteiger partial charge is 0.444 e. The summed E-state index contributed by atoms with van der Waals surface area (Å²) in [5.41, 5.74) is -0.435. The van der Waals surface area contributed by atoms with E-state index < -0.39 is 5.60 Å². The van der Waals surface area contributed by atoms with Crippen molar-refractivity contribution in [1.82, 2.24) is 10.2 Å². The molecule has 4 nitrogen and oxygen atoms in total. The van der Waals surface area contributed by atoms with Crippen LogP contribution in [0.25, 0.3) is 0 Å². The number of alkyl carbamates (subject to hydrolysis) is 1. The number of carbonyl (C=O) groups excluding carboxylic acids is 1. The van der Waals surface area contributed by atoms with E-state index in [0.717, 1.165) is 6.42 Å². The lowest BCUT2D eigenvalue weighted by Crippen LogP contribution is -2.42. The topological polar surface area (TPSA) is 41.6 Å². The molecule has 0 aromatic carbocycles. The molecule has 0 radical (unpaired) electrons. The molecule has 0 saturated heterocycles. The van der Waals surface area contributed by atoms with Crippen LogP contribution in [0, 0.1) is 5.92 Å². The second-order valence-electron chi connectivity index (χ2n) is 6.13. The number of nitrogens with one attached hydrogen (secondary N) is 1. The minimum atomic E-state index is -0.435. The van der Waals surface area contributed by atoms with Crippen molar-refractivity contribution in [3.63, 3.8) is 0 Å². The van der Waals surface area contributed by atoms with Crippen LogP contribution in [0.3, 0.4) is 0 Å². The summed E-state index contributed by atoms with van der Waals surface area (Å²) in [7, 11) is 4.06. The van der Waals surface area contributed by atoms with Crippen LogP contribution < -0.4 is 5.32 Å². The van der Waals surface area contributed by atoms with Gasteiger partial charge in [0.05, 0.1) is 0 Å². The van der Waals surface area contributed by atoms with Crippen LogP contribution in [0.2, 0.25) is 0 Å². The maximum Gasteiger partial charge on any atom is 0.407 e. The van der Waals surface area contributed by atoms with Crippen molar-refractivity contribution >= 4 is 6.09 Å². The summed E-state index contributed by atoms with van der Waals surface area (Å²) in [6.45, 7) is 10.6. The van der Waals surface area contributed by atoms with E-state index >= 15 is 0 Å². The highest BCUT2D eigenvalue weighted by atomic mass is 16.6. The number of carbonyl (C=O) groups is 1. The zero-order valence-electron chi connectivity index (χ0n) is 12.3. The fourth-order valence-corrected chi connectivity index (χ4v) is 1.54. The average Bonchev–Trinajstić information content (AvgIpc) is 2.08. The van der Waals surface area contributed by atoms with E-state index in [-0.39, 0.29) is 6.09 Å². The molecule has 0 rings (SSSR count). The summed E-state index contributed by atoms with van der Waals surface area (Å²) in [4.78, 5) is 13.7. The molecule has 1 amide bonds. The monoisotopic (exact) mass is 244 g/mol. The standard InChI is InChI=1S/C13H28N2O2/c1-10(2)8-11(15(6)7)9-14-12(16)17-13(3,4)5/h10-11H,8-9H2,1-7H3,(H,14,16). The minimum absolute atomic E-state index is 0.340. The number of ether oxygens (including phenoxy) is 1. The second kappa shape index (κ2) is 6.84. The van der Waals surface area contributed by atoms with E-state index in [2.05, 4.69) is 24.1 Å². The zero-order chi connectivity index (χ0) is 13.6. The third kappa shape index (κ3) is 8.98. The maximum absolute atomic E-state index is 11.5. The van der Waals surface area contributed by atoms with Gasteiger partial charge in [-0.1, -0.05) is 13.8 Å². The average molecular weight is 244 g/mol. The molecule has 17 heavy (non-hydrogen) atoms. The van der Waals surface area contributed by atoms with E-state index in [1.165, 1.54) is 0 Å². The Bertz CT molecular complexity index is 232. The molecule has 0 aromatic heterocycles. The summed E-state index contributed by atoms with van der Waals surface area (Å²) < 4.78 is 5.20. The lowest BCUT2D eigenvalue weighted by Gasteiger charge is -2.27. The van der Waals surface area contributed by atoms with Gasteiger partial charge < -0.3 is 15.0 Å². The Hall–Kier alpha value is -0.770. The Kier molecular flexibility index (Phi) is 6.53. The van der Waals surface area contributed by atoms with Crippen LogP contribution in [0.1, 0.15) is 41.0 Å². The smallest absolute Gasteiger partial charge is 0.407 e. The first-order chi connectivity index (χ1) is 7.61. The van der Waals surface area contributed by atoms with Crippen molar-refractivity contribution in [2.24, 2.45) is 5.92 Å². The van der Waals surface area contributed by atoms with Crippen LogP contribution >= 0.6 is 0 Å². The van der Waals surface area contributed by atoms with Crippen LogP contribution in [0.4, 0.5) is 4.79 Å². The van der Waals surface area contributed by atoms with Gasteiger partial charge in [-0.3, -0.25) is 0 Å². The van der Waals surface area contributed by atoms with Gasteiger partial charge in [-0.15, -0.1) is 0 Å². The number of amides is 1. The summed E-state index contributed by atoms with van der Waals surface area (Å²) in [6.07, 6.45) is 0.719. The van der Waals surface area contributed by atoms with Gasteiger partial charge in [0.1, 0.15) is 5.60 Å². The van der Waals surface area contributed by atoms with Crippen molar-refractivity contribution in [3.8, 4) is 0 Å². The molecule has 0 aliphatic rings. The summed E-state index contributed by atoms with van der Waals surface area (Å²) in [5, 5.41) is 2.82. The Morgan fingerprint density at radius 2 is 1.82 bits per heavy atom. The van der Waals surface area contributed by atoms with Crippen molar-refractivity contribution in [2.45, 2.75) is 52.7 Å². The fourth-order valence-electron chi connectivity index (χ4n) is 1.54. The van der Waals surface area contributed by atoms with Crippen molar-refractivity contribution in [3.05, 3.63) is 0 Å². The molecule has 102 valence electrons. The Morgan fingerprint density at radius 3 is 2.18 bits per heavy atom. The Labute approximate surface area is 106 Å². The van der Waals surface area contributed by atoms with E-state index in [1.807, 2.05) is 34.9 Å². The normalized spacial score (nSPS) is 13.9. The molecule has 0 heterocycles. The molecular formula is C13H28N2O2. The highest BCUT2D eigenvalue weighted by Gasteiger charge is 2.18. The number of hydrogen-bond acceptors (Lipinski definition) is 3. The molecular weight excluding hydrogens is 216 g/mol. The van der Waals surface area contributed by atoms with E-state index in [0.29, 0.717) is 18.5 Å². The van der Waals surface area contributed by atoms with Gasteiger partial charge >= 0.3 is 6.09 Å². The molecule has 1 atom stereocenters. The first-order valence-corrected chi connectivity index (χ1v) is 6.25. The number of nitrogens with zero attached hydrogens (tertiary/aromatic N) is 1. The molecule has 0 aliphatic carbocycles. The van der Waals surface area contributed by atoms with E-state index in [1.54, 1.807) is 0 Å². The van der Waals surface area contributed by atoms with Gasteiger partial charge in [-0.2, -0.15) is 0 Å². The molecule has 0 aromatic rings. The van der Waals surface area contributed by atoms with Gasteiger partial charge in [0.25, 0.3) is 0 Å². The van der Waals surface area contributed by atoms with E-state index in [4.69, 9.17) is 4.74 Å². The van der Waals surface area contributed by atoms with Crippen molar-refractivity contribution < 1.29 is 9.53 Å². The lowest BCUT2D eigenvalue weighted by molar-refractivity contribution is 0.0511. The highest BCUT2D eigenvalue weighted by Crippen LogP contribution is 2.09. The van der Waals surface area contributed by atoms with Gasteiger partial charge in [0, 0.05) is 12.6 Å². The van der Waals surface area contributed by atoms with Gasteiger partial charge in [-0.05, 0) is 47.2 Å². The summed E-state index contributed by atoms with van der Waals surface area (Å²) >= 11 is 0. The molecule has 0 aliphatic heterocycles. The molecule has 1 unspecified atom stereocenters. The quantitative estimate of drug-likeness (QED) is 0.808. The highest BCUT2D eigenvalue weighted by molar-refractivity contribution is 5.67. The Balaban J connectivity index is 4.09. The third-order valence-electron chi connectivity index (χ3n) is 2.35. The molecule has 0 fully saturated rings. The summed E-state index contributed by atoms with van der Waals surface area (Å²) in [5.74, 6) is 0.614. The summed E-state index contributed by atoms with van der Waals surface area (Å²) in [6, 6.07) is 0.350. The SMILES string of the molecule is CC(C)CC(CNC(=O)OC(C)(C)C)N(C)C. The van der Waals surface area contributed by atoms with Gasteiger partial charge in [-0.25, -0.2) is 4.79 Å². The molecule has 0 spiro atoms. The Morgan fingerprint density at radius 1 is 1.29 bits per heavy atom. The van der Waals surface area contributed by atoms with Gasteiger partial charge in [0.2, 0.25) is 0 Å². The maximum atomic E-state index is 11.5. The lowest BCUT2D eigenvalue weighted by atomic mass is 10.0. The number of rotatable bonds is 5. The molecule has 1 N–H and O–H groups in total. The van der Waals surface area contributed by atoms with Crippen LogP contribution in [-0.2, 0) is 4.74 Å². The third-order valence-corrected chi connectivity index (χ3v) is 2.35. The number of hydrogen-bond donors (Lipinski definition) is 1. The van der Waals surface area contributed by atoms with Gasteiger partial charge in [0.15, 0.2) is 0 Å². The number of likely N-dealkylation sites (N-methyl/N-ethyl adjacent to an activating group) is 1.